The van der Waals surface area contributed by atoms with Crippen LogP contribution < -0.4 is 0 Å². The second-order valence-electron chi connectivity index (χ2n) is 6.26. The Labute approximate surface area is 168 Å². The molecule has 0 N–H and O–H groups in total. The third-order valence-electron chi connectivity index (χ3n) is 4.41. The molecule has 0 radical (unpaired) electrons. The Balaban J connectivity index is 1.83. The summed E-state index contributed by atoms with van der Waals surface area (Å²) in [6.07, 6.45) is 1.29. The highest BCUT2D eigenvalue weighted by atomic mass is 19.1. The number of nitriles is 1. The fourth-order valence-electron chi connectivity index (χ4n) is 2.98. The molecule has 4 rings (SSSR count). The van der Waals surface area contributed by atoms with Gasteiger partial charge in [0, 0.05) is 22.8 Å². The van der Waals surface area contributed by atoms with Gasteiger partial charge in [-0.25, -0.2) is 22.5 Å². The largest absolute Gasteiger partial charge is 0.225 e. The summed E-state index contributed by atoms with van der Waals surface area (Å²) in [7, 11) is 0. The van der Waals surface area contributed by atoms with Gasteiger partial charge in [-0.3, -0.25) is 0 Å². The molecule has 0 spiro atoms. The van der Waals surface area contributed by atoms with Crippen LogP contribution in [0, 0.1) is 34.6 Å². The molecule has 1 aromatic heterocycles. The van der Waals surface area contributed by atoms with Crippen molar-refractivity contribution in [2.24, 2.45) is 0 Å². The standard InChI is InChI=1S/C22H10F4N4/c23-13-5-6-15(20(26)9-13)22-29-21(11-28-30-22)12-4-7-19(25)16(8-12)14-2-1-3-18(24)17(14)10-27/h1-9,11H. The van der Waals surface area contributed by atoms with Gasteiger partial charge in [0.25, 0.3) is 0 Å². The Bertz CT molecular complexity index is 1320. The van der Waals surface area contributed by atoms with Crippen LogP contribution in [0.15, 0.2) is 60.8 Å². The maximum atomic E-state index is 14.5. The van der Waals surface area contributed by atoms with Crippen molar-refractivity contribution in [1.29, 1.82) is 5.26 Å². The molecule has 0 atom stereocenters. The summed E-state index contributed by atoms with van der Waals surface area (Å²) in [4.78, 5) is 4.23. The molecule has 3 aromatic carbocycles. The SMILES string of the molecule is N#Cc1c(F)cccc1-c1cc(-c2cnnc(-c3ccc(F)cc3F)n2)ccc1F. The molecule has 4 aromatic rings. The lowest BCUT2D eigenvalue weighted by atomic mass is 9.97. The summed E-state index contributed by atoms with van der Waals surface area (Å²) in [5.74, 6) is -3.11. The topological polar surface area (TPSA) is 62.5 Å². The number of aromatic nitrogens is 3. The summed E-state index contributed by atoms with van der Waals surface area (Å²) in [6, 6.07) is 12.6. The van der Waals surface area contributed by atoms with Crippen LogP contribution in [-0.4, -0.2) is 15.2 Å². The van der Waals surface area contributed by atoms with E-state index in [2.05, 4.69) is 15.2 Å². The van der Waals surface area contributed by atoms with Crippen molar-refractivity contribution in [2.45, 2.75) is 0 Å². The summed E-state index contributed by atoms with van der Waals surface area (Å²) < 4.78 is 55.7. The number of halogens is 4. The van der Waals surface area contributed by atoms with Gasteiger partial charge in [0.2, 0.25) is 0 Å². The first kappa shape index (κ1) is 19.2. The van der Waals surface area contributed by atoms with E-state index in [0.717, 1.165) is 18.2 Å². The first-order chi connectivity index (χ1) is 14.5. The zero-order valence-corrected chi connectivity index (χ0v) is 15.1. The first-order valence-corrected chi connectivity index (χ1v) is 8.62. The number of rotatable bonds is 3. The maximum absolute atomic E-state index is 14.5. The van der Waals surface area contributed by atoms with Crippen LogP contribution in [-0.2, 0) is 0 Å². The van der Waals surface area contributed by atoms with Crippen LogP contribution in [0.25, 0.3) is 33.8 Å². The second-order valence-corrected chi connectivity index (χ2v) is 6.26. The minimum Gasteiger partial charge on any atom is -0.225 e. The minimum atomic E-state index is -0.854. The Hall–Kier alpha value is -4.12. The first-order valence-electron chi connectivity index (χ1n) is 8.62. The molecule has 146 valence electrons. The fourth-order valence-corrected chi connectivity index (χ4v) is 2.98. The molecule has 30 heavy (non-hydrogen) atoms. The lowest BCUT2D eigenvalue weighted by Gasteiger charge is -2.09. The quantitative estimate of drug-likeness (QED) is 0.433. The normalized spacial score (nSPS) is 10.6. The highest BCUT2D eigenvalue weighted by molar-refractivity contribution is 5.76. The third-order valence-corrected chi connectivity index (χ3v) is 4.41. The van der Waals surface area contributed by atoms with Gasteiger partial charge in [0.05, 0.1) is 23.0 Å². The third kappa shape index (κ3) is 3.49. The number of benzene rings is 3. The summed E-state index contributed by atoms with van der Waals surface area (Å²) in [5.41, 5.74) is 0.367. The Morgan fingerprint density at radius 3 is 2.37 bits per heavy atom. The van der Waals surface area contributed by atoms with E-state index in [0.29, 0.717) is 11.6 Å². The molecule has 0 saturated carbocycles. The van der Waals surface area contributed by atoms with Crippen molar-refractivity contribution in [3.8, 4) is 39.8 Å². The highest BCUT2D eigenvalue weighted by Gasteiger charge is 2.16. The molecular weight excluding hydrogens is 396 g/mol. The molecule has 0 bridgehead atoms. The van der Waals surface area contributed by atoms with E-state index < -0.39 is 23.3 Å². The smallest absolute Gasteiger partial charge is 0.185 e. The molecule has 0 unspecified atom stereocenters. The molecule has 0 fully saturated rings. The van der Waals surface area contributed by atoms with E-state index in [1.165, 1.54) is 36.5 Å². The lowest BCUT2D eigenvalue weighted by Crippen LogP contribution is -1.98. The Morgan fingerprint density at radius 2 is 1.60 bits per heavy atom. The van der Waals surface area contributed by atoms with Gasteiger partial charge < -0.3 is 0 Å². The van der Waals surface area contributed by atoms with E-state index in [-0.39, 0.29) is 33.8 Å². The van der Waals surface area contributed by atoms with Gasteiger partial charge in [-0.2, -0.15) is 10.4 Å². The van der Waals surface area contributed by atoms with Gasteiger partial charge in [-0.1, -0.05) is 12.1 Å². The van der Waals surface area contributed by atoms with Crippen LogP contribution >= 0.6 is 0 Å². The van der Waals surface area contributed by atoms with Crippen molar-refractivity contribution in [2.75, 3.05) is 0 Å². The van der Waals surface area contributed by atoms with E-state index in [1.807, 2.05) is 0 Å². The molecule has 0 aliphatic heterocycles. The Kier molecular flexibility index (Phi) is 4.94. The van der Waals surface area contributed by atoms with Crippen molar-refractivity contribution in [3.63, 3.8) is 0 Å². The Morgan fingerprint density at radius 1 is 0.767 bits per heavy atom. The van der Waals surface area contributed by atoms with E-state index in [9.17, 15) is 22.8 Å². The van der Waals surface area contributed by atoms with E-state index in [1.54, 1.807) is 6.07 Å². The summed E-state index contributed by atoms with van der Waals surface area (Å²) in [6.45, 7) is 0. The molecule has 4 nitrogen and oxygen atoms in total. The van der Waals surface area contributed by atoms with Crippen LogP contribution in [0.2, 0.25) is 0 Å². The zero-order valence-electron chi connectivity index (χ0n) is 15.1. The predicted octanol–water partition coefficient (Wildman–Crippen LogP) is 5.30. The number of hydrogen-bond acceptors (Lipinski definition) is 4. The van der Waals surface area contributed by atoms with E-state index in [4.69, 9.17) is 0 Å². The van der Waals surface area contributed by atoms with Crippen LogP contribution in [0.1, 0.15) is 5.56 Å². The lowest BCUT2D eigenvalue weighted by molar-refractivity contribution is 0.584. The van der Waals surface area contributed by atoms with Crippen molar-refractivity contribution < 1.29 is 17.6 Å². The molecule has 8 heteroatoms. The molecule has 0 amide bonds. The minimum absolute atomic E-state index is 0.00308. The zero-order chi connectivity index (χ0) is 21.3. The average molecular weight is 406 g/mol. The van der Waals surface area contributed by atoms with Crippen molar-refractivity contribution in [3.05, 3.63) is 89.6 Å². The monoisotopic (exact) mass is 406 g/mol. The molecule has 0 aliphatic carbocycles. The van der Waals surface area contributed by atoms with E-state index >= 15 is 0 Å². The van der Waals surface area contributed by atoms with Gasteiger partial charge in [0.1, 0.15) is 29.3 Å². The van der Waals surface area contributed by atoms with Crippen molar-refractivity contribution >= 4 is 0 Å². The predicted molar refractivity (Wildman–Crippen MR) is 101 cm³/mol. The van der Waals surface area contributed by atoms with Crippen LogP contribution in [0.4, 0.5) is 17.6 Å². The molecule has 0 saturated heterocycles. The second kappa shape index (κ2) is 7.72. The highest BCUT2D eigenvalue weighted by Crippen LogP contribution is 2.31. The molecule has 1 heterocycles. The van der Waals surface area contributed by atoms with Gasteiger partial charge in [-0.05, 0) is 36.4 Å². The summed E-state index contributed by atoms with van der Waals surface area (Å²) in [5, 5.41) is 16.8. The van der Waals surface area contributed by atoms with Crippen LogP contribution in [0.3, 0.4) is 0 Å². The van der Waals surface area contributed by atoms with Gasteiger partial charge in [0.15, 0.2) is 5.82 Å². The number of nitrogens with zero attached hydrogens (tertiary/aromatic N) is 4. The molecule has 0 aliphatic rings. The van der Waals surface area contributed by atoms with Crippen LogP contribution in [0.5, 0.6) is 0 Å². The van der Waals surface area contributed by atoms with Crippen molar-refractivity contribution in [1.82, 2.24) is 15.2 Å². The van der Waals surface area contributed by atoms with Gasteiger partial charge in [-0.15, -0.1) is 5.10 Å². The maximum Gasteiger partial charge on any atom is 0.185 e. The fraction of sp³-hybridized carbons (Fsp3) is 0. The number of hydrogen-bond donors (Lipinski definition) is 0. The van der Waals surface area contributed by atoms with Gasteiger partial charge >= 0.3 is 0 Å². The summed E-state index contributed by atoms with van der Waals surface area (Å²) >= 11 is 0. The average Bonchev–Trinajstić information content (AvgIpc) is 2.74. The molecular formula is C22H10F4N4.